The molecule has 0 atom stereocenters. The second-order valence-electron chi connectivity index (χ2n) is 6.40. The van der Waals surface area contributed by atoms with Gasteiger partial charge >= 0.3 is 0 Å². The third-order valence-corrected chi connectivity index (χ3v) is 5.50. The highest BCUT2D eigenvalue weighted by Gasteiger charge is 2.35. The van der Waals surface area contributed by atoms with Crippen LogP contribution < -0.4 is 9.47 Å². The van der Waals surface area contributed by atoms with Crippen molar-refractivity contribution in [2.45, 2.75) is 13.5 Å². The Kier molecular flexibility index (Phi) is 7.40. The van der Waals surface area contributed by atoms with E-state index in [0.29, 0.717) is 39.8 Å². The molecule has 8 heteroatoms. The van der Waals surface area contributed by atoms with E-state index in [-0.39, 0.29) is 18.1 Å². The first kappa shape index (κ1) is 22.5. The summed E-state index contributed by atoms with van der Waals surface area (Å²) in [6.07, 6.45) is 3.19. The molecule has 31 heavy (non-hydrogen) atoms. The topological polar surface area (TPSA) is 79.6 Å². The maximum Gasteiger partial charge on any atom is 0.293 e. The van der Waals surface area contributed by atoms with Crippen LogP contribution in [0.25, 0.3) is 6.08 Å². The van der Waals surface area contributed by atoms with Crippen molar-refractivity contribution in [1.82, 2.24) is 4.90 Å². The van der Waals surface area contributed by atoms with E-state index in [1.165, 1.54) is 0 Å². The number of carbonyl (C=O) groups is 2. The molecule has 0 aromatic heterocycles. The average molecular weight is 455 g/mol. The number of thioether (sulfide) groups is 1. The summed E-state index contributed by atoms with van der Waals surface area (Å²) in [7, 11) is 0. The number of carbonyl (C=O) groups excluding carboxylic acids is 2. The van der Waals surface area contributed by atoms with Crippen molar-refractivity contribution in [1.29, 1.82) is 5.26 Å². The molecule has 0 spiro atoms. The number of halogens is 1. The van der Waals surface area contributed by atoms with Crippen LogP contribution in [0.15, 0.2) is 54.0 Å². The second-order valence-corrected chi connectivity index (χ2v) is 7.80. The molecule has 2 aromatic carbocycles. The minimum atomic E-state index is -0.427. The monoisotopic (exact) mass is 454 g/mol. The zero-order valence-corrected chi connectivity index (χ0v) is 18.3. The summed E-state index contributed by atoms with van der Waals surface area (Å²) in [5.41, 5.74) is 1.63. The third kappa shape index (κ3) is 5.10. The number of rotatable bonds is 8. The average Bonchev–Trinajstić information content (AvgIpc) is 3.01. The molecule has 1 fully saturated rings. The Morgan fingerprint density at radius 2 is 2.03 bits per heavy atom. The standard InChI is InChI=1S/C23H19ClN2O4S/c1-3-9-30-21-18(24)10-15(11-19(21)29-4-2)12-20-22(27)26(23(28)31-20)14-17-8-6-5-7-16(17)13-25/h3,5-8,10-12H,1,4,9,14H2,2H3/b20-12+. The van der Waals surface area contributed by atoms with Gasteiger partial charge in [0.05, 0.1) is 34.7 Å². The van der Waals surface area contributed by atoms with Crippen LogP contribution >= 0.6 is 23.4 Å². The van der Waals surface area contributed by atoms with Crippen molar-refractivity contribution < 1.29 is 19.1 Å². The molecule has 1 saturated heterocycles. The van der Waals surface area contributed by atoms with E-state index < -0.39 is 11.1 Å². The maximum absolute atomic E-state index is 12.9. The predicted molar refractivity (Wildman–Crippen MR) is 121 cm³/mol. The fourth-order valence-corrected chi connectivity index (χ4v) is 4.05. The van der Waals surface area contributed by atoms with Gasteiger partial charge in [0.1, 0.15) is 6.61 Å². The number of hydrogen-bond acceptors (Lipinski definition) is 6. The summed E-state index contributed by atoms with van der Waals surface area (Å²) in [5.74, 6) is 0.399. The molecule has 0 bridgehead atoms. The van der Waals surface area contributed by atoms with Crippen LogP contribution in [0.5, 0.6) is 11.5 Å². The summed E-state index contributed by atoms with van der Waals surface area (Å²) >= 11 is 7.20. The van der Waals surface area contributed by atoms with Gasteiger partial charge in [-0.1, -0.05) is 42.5 Å². The lowest BCUT2D eigenvalue weighted by Gasteiger charge is -2.14. The van der Waals surface area contributed by atoms with Gasteiger partial charge in [0.2, 0.25) is 0 Å². The third-order valence-electron chi connectivity index (χ3n) is 4.31. The molecule has 6 nitrogen and oxygen atoms in total. The van der Waals surface area contributed by atoms with Crippen LogP contribution in [-0.4, -0.2) is 29.3 Å². The molecule has 3 rings (SSSR count). The van der Waals surface area contributed by atoms with E-state index in [9.17, 15) is 14.9 Å². The summed E-state index contributed by atoms with van der Waals surface area (Å²) in [5, 5.41) is 9.17. The van der Waals surface area contributed by atoms with Crippen molar-refractivity contribution >= 4 is 40.6 Å². The molecule has 0 unspecified atom stereocenters. The Bertz CT molecular complexity index is 1110. The van der Waals surface area contributed by atoms with Gasteiger partial charge in [-0.2, -0.15) is 5.26 Å². The van der Waals surface area contributed by atoms with Crippen molar-refractivity contribution in [2.75, 3.05) is 13.2 Å². The van der Waals surface area contributed by atoms with Gasteiger partial charge in [-0.05, 0) is 54.1 Å². The van der Waals surface area contributed by atoms with Crippen LogP contribution in [-0.2, 0) is 11.3 Å². The number of nitriles is 1. The van der Waals surface area contributed by atoms with Gasteiger partial charge in [-0.25, -0.2) is 0 Å². The first-order valence-corrected chi connectivity index (χ1v) is 10.6. The molecule has 0 saturated carbocycles. The normalized spacial score (nSPS) is 14.6. The lowest BCUT2D eigenvalue weighted by atomic mass is 10.1. The van der Waals surface area contributed by atoms with Crippen LogP contribution in [0.4, 0.5) is 4.79 Å². The van der Waals surface area contributed by atoms with Crippen LogP contribution in [0.2, 0.25) is 5.02 Å². The Morgan fingerprint density at radius 3 is 2.74 bits per heavy atom. The lowest BCUT2D eigenvalue weighted by molar-refractivity contribution is -0.123. The highest BCUT2D eigenvalue weighted by molar-refractivity contribution is 8.18. The van der Waals surface area contributed by atoms with Crippen LogP contribution in [0, 0.1) is 11.3 Å². The number of amides is 2. The van der Waals surface area contributed by atoms with E-state index in [2.05, 4.69) is 12.6 Å². The van der Waals surface area contributed by atoms with Crippen molar-refractivity contribution in [2.24, 2.45) is 0 Å². The molecule has 2 amide bonds. The fourth-order valence-electron chi connectivity index (χ4n) is 2.94. The van der Waals surface area contributed by atoms with E-state index in [0.717, 1.165) is 16.7 Å². The van der Waals surface area contributed by atoms with E-state index in [1.807, 2.05) is 6.92 Å². The molecule has 1 aliphatic rings. The number of imide groups is 1. The molecule has 0 radical (unpaired) electrons. The van der Waals surface area contributed by atoms with Crippen molar-refractivity contribution in [3.8, 4) is 17.6 Å². The highest BCUT2D eigenvalue weighted by Crippen LogP contribution is 2.39. The van der Waals surface area contributed by atoms with Gasteiger partial charge in [-0.3, -0.25) is 14.5 Å². The SMILES string of the molecule is C=CCOc1c(Cl)cc(/C=C2/SC(=O)N(Cc3ccccc3C#N)C2=O)cc1OCC. The van der Waals surface area contributed by atoms with Gasteiger partial charge in [-0.15, -0.1) is 0 Å². The molecular formula is C23H19ClN2O4S. The zero-order valence-electron chi connectivity index (χ0n) is 16.8. The first-order valence-electron chi connectivity index (χ1n) is 9.41. The quantitative estimate of drug-likeness (QED) is 0.392. The Hall–Kier alpha value is -3.21. The van der Waals surface area contributed by atoms with Gasteiger partial charge in [0.15, 0.2) is 11.5 Å². The Balaban J connectivity index is 1.88. The second kappa shape index (κ2) is 10.2. The molecular weight excluding hydrogens is 436 g/mol. The number of hydrogen-bond donors (Lipinski definition) is 0. The molecule has 0 aliphatic carbocycles. The molecule has 1 aliphatic heterocycles. The van der Waals surface area contributed by atoms with Gasteiger partial charge < -0.3 is 9.47 Å². The summed E-state index contributed by atoms with van der Waals surface area (Å²) < 4.78 is 11.2. The lowest BCUT2D eigenvalue weighted by Crippen LogP contribution is -2.27. The summed E-state index contributed by atoms with van der Waals surface area (Å²) in [4.78, 5) is 26.7. The first-order chi connectivity index (χ1) is 15.0. The van der Waals surface area contributed by atoms with Gasteiger partial charge in [0.25, 0.3) is 11.1 Å². The van der Waals surface area contributed by atoms with Crippen molar-refractivity contribution in [3.63, 3.8) is 0 Å². The molecule has 158 valence electrons. The Morgan fingerprint density at radius 1 is 1.26 bits per heavy atom. The molecule has 1 heterocycles. The van der Waals surface area contributed by atoms with Crippen molar-refractivity contribution in [3.05, 3.63) is 75.7 Å². The number of nitrogens with zero attached hydrogens (tertiary/aromatic N) is 2. The van der Waals surface area contributed by atoms with Crippen LogP contribution in [0.1, 0.15) is 23.6 Å². The van der Waals surface area contributed by atoms with Gasteiger partial charge in [0, 0.05) is 0 Å². The summed E-state index contributed by atoms with van der Waals surface area (Å²) in [6, 6.07) is 12.3. The van der Waals surface area contributed by atoms with Crippen LogP contribution in [0.3, 0.4) is 0 Å². The van der Waals surface area contributed by atoms with E-state index in [1.54, 1.807) is 48.6 Å². The smallest absolute Gasteiger partial charge is 0.293 e. The van der Waals surface area contributed by atoms with E-state index in [4.69, 9.17) is 21.1 Å². The van der Waals surface area contributed by atoms with E-state index >= 15 is 0 Å². The minimum Gasteiger partial charge on any atom is -0.490 e. The minimum absolute atomic E-state index is 0.0328. The Labute approximate surface area is 189 Å². The number of ether oxygens (including phenoxy) is 2. The maximum atomic E-state index is 12.9. The molecule has 2 aromatic rings. The fraction of sp³-hybridized carbons (Fsp3) is 0.174. The summed E-state index contributed by atoms with van der Waals surface area (Å²) in [6.45, 7) is 6.15. The highest BCUT2D eigenvalue weighted by atomic mass is 35.5. The molecule has 0 N–H and O–H groups in total. The number of benzene rings is 2. The zero-order chi connectivity index (χ0) is 22.4. The largest absolute Gasteiger partial charge is 0.490 e. The predicted octanol–water partition coefficient (Wildman–Crippen LogP) is 5.41.